The number of carbonyl (C=O) groups excluding carboxylic acids is 2. The molecule has 1 aromatic rings. The summed E-state index contributed by atoms with van der Waals surface area (Å²) in [7, 11) is 0. The Morgan fingerprint density at radius 3 is 1.69 bits per heavy atom. The lowest BCUT2D eigenvalue weighted by Gasteiger charge is -2.13. The van der Waals surface area contributed by atoms with Gasteiger partial charge in [-0.15, -0.1) is 0 Å². The molecule has 0 fully saturated rings. The predicted octanol–water partition coefficient (Wildman–Crippen LogP) is 5.24. The van der Waals surface area contributed by atoms with E-state index in [2.05, 4.69) is 6.92 Å². The van der Waals surface area contributed by atoms with Crippen molar-refractivity contribution >= 4 is 11.8 Å². The van der Waals surface area contributed by atoms with E-state index in [0.29, 0.717) is 30.9 Å². The molecule has 0 spiro atoms. The largest absolute Gasteiger partial charge is 0.379 e. The molecule has 0 atom stereocenters. The van der Waals surface area contributed by atoms with Gasteiger partial charge in [-0.2, -0.15) is 0 Å². The number of carbonyl (C=O) groups is 2. The van der Waals surface area contributed by atoms with E-state index in [0.717, 1.165) is 13.0 Å². The van der Waals surface area contributed by atoms with Gasteiger partial charge in [0.1, 0.15) is 0 Å². The Bertz CT molecular complexity index is 582. The first-order chi connectivity index (χ1) is 14.3. The molecule has 0 aromatic heterocycles. The van der Waals surface area contributed by atoms with Crippen molar-refractivity contribution in [3.63, 3.8) is 0 Å². The topological polar surface area (TPSA) is 55.8 Å². The molecule has 0 unspecified atom stereocenters. The summed E-state index contributed by atoms with van der Waals surface area (Å²) >= 11 is 0. The second kappa shape index (κ2) is 14.3. The normalized spacial score (nSPS) is 13.3. The van der Waals surface area contributed by atoms with Gasteiger partial charge in [0.15, 0.2) is 0 Å². The second-order valence-electron chi connectivity index (χ2n) is 7.71. The molecule has 0 saturated carbocycles. The van der Waals surface area contributed by atoms with Crippen LogP contribution in [0.3, 0.4) is 0 Å². The van der Waals surface area contributed by atoms with Gasteiger partial charge in [0.05, 0.1) is 37.5 Å². The molecule has 0 bridgehead atoms. The van der Waals surface area contributed by atoms with Crippen LogP contribution in [0.2, 0.25) is 0 Å². The number of rotatable bonds is 17. The zero-order chi connectivity index (χ0) is 20.7. The van der Waals surface area contributed by atoms with E-state index in [1.165, 1.54) is 62.7 Å². The van der Waals surface area contributed by atoms with Crippen molar-refractivity contribution < 1.29 is 19.1 Å². The number of imide groups is 1. The van der Waals surface area contributed by atoms with Crippen molar-refractivity contribution in [2.45, 2.75) is 71.1 Å². The Morgan fingerprint density at radius 2 is 1.14 bits per heavy atom. The first kappa shape index (κ1) is 23.6. The number of unbranched alkanes of at least 4 members (excludes halogenated alkanes) is 9. The van der Waals surface area contributed by atoms with Gasteiger partial charge < -0.3 is 9.47 Å². The monoisotopic (exact) mass is 403 g/mol. The van der Waals surface area contributed by atoms with Crippen molar-refractivity contribution in [2.75, 3.05) is 33.0 Å². The highest BCUT2D eigenvalue weighted by molar-refractivity contribution is 6.21. The van der Waals surface area contributed by atoms with E-state index in [9.17, 15) is 9.59 Å². The van der Waals surface area contributed by atoms with Gasteiger partial charge in [0.25, 0.3) is 11.8 Å². The molecule has 5 heteroatoms. The van der Waals surface area contributed by atoms with E-state index in [-0.39, 0.29) is 18.4 Å². The molecule has 29 heavy (non-hydrogen) atoms. The number of hydrogen-bond acceptors (Lipinski definition) is 4. The summed E-state index contributed by atoms with van der Waals surface area (Å²) in [4.78, 5) is 25.7. The zero-order valence-corrected chi connectivity index (χ0v) is 18.0. The zero-order valence-electron chi connectivity index (χ0n) is 18.0. The second-order valence-corrected chi connectivity index (χ2v) is 7.71. The molecule has 0 N–H and O–H groups in total. The van der Waals surface area contributed by atoms with Crippen LogP contribution in [-0.2, 0) is 9.47 Å². The molecular weight excluding hydrogens is 366 g/mol. The van der Waals surface area contributed by atoms with Crippen LogP contribution in [0, 0.1) is 0 Å². The van der Waals surface area contributed by atoms with Crippen LogP contribution in [0.15, 0.2) is 24.3 Å². The lowest BCUT2D eigenvalue weighted by molar-refractivity contribution is 0.0346. The Morgan fingerprint density at radius 1 is 0.655 bits per heavy atom. The van der Waals surface area contributed by atoms with Crippen LogP contribution in [0.4, 0.5) is 0 Å². The van der Waals surface area contributed by atoms with Crippen molar-refractivity contribution in [2.24, 2.45) is 0 Å². The maximum Gasteiger partial charge on any atom is 0.261 e. The average Bonchev–Trinajstić information content (AvgIpc) is 2.98. The van der Waals surface area contributed by atoms with E-state index in [1.807, 2.05) is 0 Å². The van der Waals surface area contributed by atoms with Crippen LogP contribution in [0.5, 0.6) is 0 Å². The molecule has 1 aliphatic heterocycles. The Labute approximate surface area is 175 Å². The predicted molar refractivity (Wildman–Crippen MR) is 115 cm³/mol. The molecule has 0 saturated heterocycles. The van der Waals surface area contributed by atoms with E-state index in [4.69, 9.17) is 9.47 Å². The molecule has 0 aliphatic carbocycles. The number of benzene rings is 1. The highest BCUT2D eigenvalue weighted by Crippen LogP contribution is 2.21. The average molecular weight is 404 g/mol. The lowest BCUT2D eigenvalue weighted by atomic mass is 10.1. The first-order valence-corrected chi connectivity index (χ1v) is 11.4. The van der Waals surface area contributed by atoms with Crippen molar-refractivity contribution in [1.29, 1.82) is 0 Å². The third-order valence-electron chi connectivity index (χ3n) is 5.35. The van der Waals surface area contributed by atoms with Gasteiger partial charge >= 0.3 is 0 Å². The number of hydrogen-bond donors (Lipinski definition) is 0. The number of ether oxygens (including phenoxy) is 2. The van der Waals surface area contributed by atoms with Gasteiger partial charge in [-0.25, -0.2) is 0 Å². The van der Waals surface area contributed by atoms with Gasteiger partial charge in [0.2, 0.25) is 0 Å². The Kier molecular flexibility index (Phi) is 11.6. The molecule has 1 aliphatic rings. The fraction of sp³-hybridized carbons (Fsp3) is 0.667. The summed E-state index contributed by atoms with van der Waals surface area (Å²) in [6.45, 7) is 4.70. The van der Waals surface area contributed by atoms with E-state index in [1.54, 1.807) is 24.3 Å². The van der Waals surface area contributed by atoms with Gasteiger partial charge in [0, 0.05) is 6.61 Å². The highest BCUT2D eigenvalue weighted by Gasteiger charge is 2.34. The smallest absolute Gasteiger partial charge is 0.261 e. The third kappa shape index (κ3) is 8.27. The SMILES string of the molecule is CCCCCCCCCCCCOCCOCCN1C(=O)c2ccccc2C1=O. The minimum Gasteiger partial charge on any atom is -0.379 e. The summed E-state index contributed by atoms with van der Waals surface area (Å²) in [6, 6.07) is 6.93. The van der Waals surface area contributed by atoms with Crippen molar-refractivity contribution in [1.82, 2.24) is 4.90 Å². The molecule has 1 heterocycles. The standard InChI is InChI=1S/C24H37NO4/c1-2-3-4-5-6-7-8-9-10-13-17-28-19-20-29-18-16-25-23(26)21-14-11-12-15-22(21)24(25)27/h11-12,14-15H,2-10,13,16-20H2,1H3. The summed E-state index contributed by atoms with van der Waals surface area (Å²) < 4.78 is 11.1. The quantitative estimate of drug-likeness (QED) is 0.264. The lowest BCUT2D eigenvalue weighted by Crippen LogP contribution is -2.33. The summed E-state index contributed by atoms with van der Waals surface area (Å²) in [5, 5.41) is 0. The first-order valence-electron chi connectivity index (χ1n) is 11.4. The molecule has 0 radical (unpaired) electrons. The van der Waals surface area contributed by atoms with E-state index >= 15 is 0 Å². The van der Waals surface area contributed by atoms with Crippen LogP contribution in [0.25, 0.3) is 0 Å². The Hall–Kier alpha value is -1.72. The van der Waals surface area contributed by atoms with Gasteiger partial charge in [-0.3, -0.25) is 14.5 Å². The van der Waals surface area contributed by atoms with Crippen molar-refractivity contribution in [3.05, 3.63) is 35.4 Å². The minimum absolute atomic E-state index is 0.230. The molecular formula is C24H37NO4. The summed E-state index contributed by atoms with van der Waals surface area (Å²) in [6.07, 6.45) is 13.2. The summed E-state index contributed by atoms with van der Waals surface area (Å²) in [5.41, 5.74) is 0.967. The molecule has 162 valence electrons. The van der Waals surface area contributed by atoms with Crippen LogP contribution in [-0.4, -0.2) is 49.7 Å². The maximum absolute atomic E-state index is 12.2. The van der Waals surface area contributed by atoms with Crippen molar-refractivity contribution in [3.8, 4) is 0 Å². The molecule has 5 nitrogen and oxygen atoms in total. The summed E-state index contributed by atoms with van der Waals surface area (Å²) in [5.74, 6) is -0.460. The van der Waals surface area contributed by atoms with Crippen LogP contribution >= 0.6 is 0 Å². The fourth-order valence-corrected chi connectivity index (χ4v) is 3.61. The fourth-order valence-electron chi connectivity index (χ4n) is 3.61. The third-order valence-corrected chi connectivity index (χ3v) is 5.35. The number of amides is 2. The van der Waals surface area contributed by atoms with E-state index < -0.39 is 0 Å². The van der Waals surface area contributed by atoms with Crippen LogP contribution in [0.1, 0.15) is 91.8 Å². The highest BCUT2D eigenvalue weighted by atomic mass is 16.5. The number of fused-ring (bicyclic) bond motifs is 1. The van der Waals surface area contributed by atoms with Gasteiger partial charge in [-0.1, -0.05) is 76.8 Å². The Balaban J connectivity index is 1.37. The van der Waals surface area contributed by atoms with Gasteiger partial charge in [-0.05, 0) is 18.6 Å². The molecule has 2 amide bonds. The molecule has 1 aromatic carbocycles. The minimum atomic E-state index is -0.230. The number of nitrogens with zero attached hydrogens (tertiary/aromatic N) is 1. The maximum atomic E-state index is 12.2. The van der Waals surface area contributed by atoms with Crippen LogP contribution < -0.4 is 0 Å². The molecule has 2 rings (SSSR count).